The molecule has 2 rings (SSSR count). The lowest BCUT2D eigenvalue weighted by Gasteiger charge is -2.08. The Kier molecular flexibility index (Phi) is 3.44. The van der Waals surface area contributed by atoms with Crippen LogP contribution >= 0.6 is 23.3 Å². The number of benzene rings is 1. The van der Waals surface area contributed by atoms with Crippen LogP contribution in [-0.4, -0.2) is 15.2 Å². The standard InChI is InChI=1S/C11H12N4S2/c1-6-4-3-5-8(10(12)13)9(6)16-11-14-7(2)15-17-11/h3-5H,1-2H3,(H3,12,13). The van der Waals surface area contributed by atoms with Crippen LogP contribution in [0.1, 0.15) is 17.0 Å². The van der Waals surface area contributed by atoms with Gasteiger partial charge in [-0.05, 0) is 30.9 Å². The molecule has 0 bridgehead atoms. The van der Waals surface area contributed by atoms with E-state index >= 15 is 0 Å². The van der Waals surface area contributed by atoms with Crippen molar-refractivity contribution in [1.29, 1.82) is 5.41 Å². The molecule has 0 unspecified atom stereocenters. The minimum atomic E-state index is 0.0810. The van der Waals surface area contributed by atoms with E-state index in [0.29, 0.717) is 0 Å². The predicted octanol–water partition coefficient (Wildman–Crippen LogP) is 2.59. The molecule has 0 radical (unpaired) electrons. The average molecular weight is 264 g/mol. The van der Waals surface area contributed by atoms with Gasteiger partial charge in [-0.2, -0.15) is 4.37 Å². The van der Waals surface area contributed by atoms with Crippen LogP contribution in [0, 0.1) is 19.3 Å². The third kappa shape index (κ3) is 2.65. The van der Waals surface area contributed by atoms with Crippen LogP contribution in [0.25, 0.3) is 0 Å². The van der Waals surface area contributed by atoms with Gasteiger partial charge in [0.2, 0.25) is 0 Å². The van der Waals surface area contributed by atoms with Gasteiger partial charge >= 0.3 is 0 Å². The molecule has 0 fully saturated rings. The maximum absolute atomic E-state index is 7.58. The second kappa shape index (κ2) is 4.85. The molecule has 0 aliphatic rings. The second-order valence-electron chi connectivity index (χ2n) is 3.57. The molecule has 0 atom stereocenters. The molecule has 6 heteroatoms. The molecule has 0 aliphatic carbocycles. The monoisotopic (exact) mass is 264 g/mol. The highest BCUT2D eigenvalue weighted by Gasteiger charge is 2.12. The molecule has 17 heavy (non-hydrogen) atoms. The molecule has 0 aliphatic heterocycles. The highest BCUT2D eigenvalue weighted by Crippen LogP contribution is 2.33. The van der Waals surface area contributed by atoms with Gasteiger partial charge in [0.25, 0.3) is 0 Å². The van der Waals surface area contributed by atoms with Crippen molar-refractivity contribution in [3.63, 3.8) is 0 Å². The molecule has 4 nitrogen and oxygen atoms in total. The van der Waals surface area contributed by atoms with Gasteiger partial charge in [-0.1, -0.05) is 30.0 Å². The average Bonchev–Trinajstić information content (AvgIpc) is 2.67. The van der Waals surface area contributed by atoms with Crippen molar-refractivity contribution in [2.45, 2.75) is 23.1 Å². The Labute approximate surface area is 108 Å². The van der Waals surface area contributed by atoms with Gasteiger partial charge in [-0.15, -0.1) is 0 Å². The first-order chi connectivity index (χ1) is 8.08. The summed E-state index contributed by atoms with van der Waals surface area (Å²) in [5, 5.41) is 7.58. The van der Waals surface area contributed by atoms with E-state index in [0.717, 1.165) is 26.2 Å². The zero-order valence-electron chi connectivity index (χ0n) is 9.52. The maximum Gasteiger partial charge on any atom is 0.174 e. The molecule has 0 amide bonds. The fourth-order valence-electron chi connectivity index (χ4n) is 1.41. The molecule has 1 aromatic heterocycles. The van der Waals surface area contributed by atoms with Gasteiger partial charge in [-0.3, -0.25) is 5.41 Å². The summed E-state index contributed by atoms with van der Waals surface area (Å²) in [6, 6.07) is 5.76. The van der Waals surface area contributed by atoms with Crippen LogP contribution in [0.15, 0.2) is 27.4 Å². The number of nitrogens with one attached hydrogen (secondary N) is 1. The van der Waals surface area contributed by atoms with E-state index in [2.05, 4.69) is 9.36 Å². The minimum Gasteiger partial charge on any atom is -0.384 e. The second-order valence-corrected chi connectivity index (χ2v) is 5.58. The van der Waals surface area contributed by atoms with E-state index in [9.17, 15) is 0 Å². The fourth-order valence-corrected chi connectivity index (χ4v) is 3.21. The highest BCUT2D eigenvalue weighted by molar-refractivity contribution is 8.01. The molecule has 1 heterocycles. The Hall–Kier alpha value is -1.40. The molecule has 0 spiro atoms. The van der Waals surface area contributed by atoms with E-state index in [-0.39, 0.29) is 5.84 Å². The summed E-state index contributed by atoms with van der Waals surface area (Å²) in [6.45, 7) is 3.87. The van der Waals surface area contributed by atoms with E-state index in [4.69, 9.17) is 11.1 Å². The van der Waals surface area contributed by atoms with Crippen LogP contribution in [0.5, 0.6) is 0 Å². The number of rotatable bonds is 3. The summed E-state index contributed by atoms with van der Waals surface area (Å²) in [4.78, 5) is 5.29. The smallest absolute Gasteiger partial charge is 0.174 e. The lowest BCUT2D eigenvalue weighted by atomic mass is 10.1. The van der Waals surface area contributed by atoms with E-state index in [1.54, 1.807) is 0 Å². The molecule has 3 N–H and O–H groups in total. The molecule has 0 saturated carbocycles. The Morgan fingerprint density at radius 3 is 2.76 bits per heavy atom. The molecular formula is C11H12N4S2. The largest absolute Gasteiger partial charge is 0.384 e. The van der Waals surface area contributed by atoms with E-state index in [1.165, 1.54) is 23.3 Å². The van der Waals surface area contributed by atoms with Gasteiger partial charge < -0.3 is 5.73 Å². The first kappa shape index (κ1) is 12.1. The van der Waals surface area contributed by atoms with Crippen molar-refractivity contribution >= 4 is 29.1 Å². The van der Waals surface area contributed by atoms with Gasteiger partial charge in [0.1, 0.15) is 11.7 Å². The normalized spacial score (nSPS) is 10.5. The molecule has 1 aromatic carbocycles. The number of aromatic nitrogens is 2. The fraction of sp³-hybridized carbons (Fsp3) is 0.182. The quantitative estimate of drug-likeness (QED) is 0.660. The highest BCUT2D eigenvalue weighted by atomic mass is 32.2. The van der Waals surface area contributed by atoms with Gasteiger partial charge in [0, 0.05) is 10.5 Å². The molecular weight excluding hydrogens is 252 g/mol. The maximum atomic E-state index is 7.58. The Morgan fingerprint density at radius 2 is 2.18 bits per heavy atom. The SMILES string of the molecule is Cc1nsc(Sc2c(C)cccc2C(=N)N)n1. The van der Waals surface area contributed by atoms with Crippen LogP contribution in [0.2, 0.25) is 0 Å². The number of amidine groups is 1. The Morgan fingerprint density at radius 1 is 1.41 bits per heavy atom. The molecule has 88 valence electrons. The first-order valence-electron chi connectivity index (χ1n) is 5.00. The number of nitrogens with zero attached hydrogens (tertiary/aromatic N) is 2. The number of hydrogen-bond acceptors (Lipinski definition) is 5. The lowest BCUT2D eigenvalue weighted by molar-refractivity contribution is 1.10. The lowest BCUT2D eigenvalue weighted by Crippen LogP contribution is -2.12. The van der Waals surface area contributed by atoms with Crippen molar-refractivity contribution in [2.75, 3.05) is 0 Å². The van der Waals surface area contributed by atoms with Crippen LogP contribution in [0.4, 0.5) is 0 Å². The van der Waals surface area contributed by atoms with Crippen molar-refractivity contribution in [1.82, 2.24) is 9.36 Å². The Balaban J connectivity index is 2.40. The van der Waals surface area contributed by atoms with E-state index < -0.39 is 0 Å². The molecule has 2 aromatic rings. The third-order valence-electron chi connectivity index (χ3n) is 2.20. The summed E-state index contributed by atoms with van der Waals surface area (Å²) < 4.78 is 5.02. The van der Waals surface area contributed by atoms with Gasteiger partial charge in [-0.25, -0.2) is 4.98 Å². The van der Waals surface area contributed by atoms with Crippen LogP contribution in [-0.2, 0) is 0 Å². The summed E-state index contributed by atoms with van der Waals surface area (Å²) in [5.41, 5.74) is 7.43. The van der Waals surface area contributed by atoms with Crippen molar-refractivity contribution in [3.05, 3.63) is 35.2 Å². The third-order valence-corrected chi connectivity index (χ3v) is 4.29. The number of aryl methyl sites for hydroxylation is 2. The number of hydrogen-bond donors (Lipinski definition) is 2. The zero-order chi connectivity index (χ0) is 12.4. The van der Waals surface area contributed by atoms with Crippen LogP contribution in [0.3, 0.4) is 0 Å². The Bertz CT molecular complexity index is 562. The van der Waals surface area contributed by atoms with E-state index in [1.807, 2.05) is 32.0 Å². The zero-order valence-corrected chi connectivity index (χ0v) is 11.2. The predicted molar refractivity (Wildman–Crippen MR) is 71.0 cm³/mol. The number of nitrogen functional groups attached to an aromatic ring is 1. The van der Waals surface area contributed by atoms with Crippen molar-refractivity contribution < 1.29 is 0 Å². The minimum absolute atomic E-state index is 0.0810. The topological polar surface area (TPSA) is 75.7 Å². The molecule has 0 saturated heterocycles. The van der Waals surface area contributed by atoms with Crippen molar-refractivity contribution in [3.8, 4) is 0 Å². The van der Waals surface area contributed by atoms with Crippen molar-refractivity contribution in [2.24, 2.45) is 5.73 Å². The number of nitrogens with two attached hydrogens (primary N) is 1. The van der Waals surface area contributed by atoms with Gasteiger partial charge in [0.15, 0.2) is 4.34 Å². The summed E-state index contributed by atoms with van der Waals surface area (Å²) in [7, 11) is 0. The summed E-state index contributed by atoms with van der Waals surface area (Å²) in [6.07, 6.45) is 0. The summed E-state index contributed by atoms with van der Waals surface area (Å²) in [5.74, 6) is 0.855. The van der Waals surface area contributed by atoms with Crippen LogP contribution < -0.4 is 5.73 Å². The van der Waals surface area contributed by atoms with Gasteiger partial charge in [0.05, 0.1) is 0 Å². The first-order valence-corrected chi connectivity index (χ1v) is 6.59. The summed E-state index contributed by atoms with van der Waals surface area (Å²) >= 11 is 2.88.